The molecular formula is C18H20N2O3. The van der Waals surface area contributed by atoms with Gasteiger partial charge in [-0.25, -0.2) is 0 Å². The maximum absolute atomic E-state index is 11.4. The summed E-state index contributed by atoms with van der Waals surface area (Å²) in [5, 5.41) is 6.17. The van der Waals surface area contributed by atoms with Crippen LogP contribution in [0.1, 0.15) is 31.1 Å². The molecule has 2 N–H and O–H groups in total. The zero-order chi connectivity index (χ0) is 16.7. The predicted octanol–water partition coefficient (Wildman–Crippen LogP) is 2.54. The minimum atomic E-state index is -0.363. The Kier molecular flexibility index (Phi) is 5.88. The van der Waals surface area contributed by atoms with Crippen LogP contribution in [0.5, 0.6) is 5.75 Å². The van der Waals surface area contributed by atoms with Gasteiger partial charge in [0, 0.05) is 20.4 Å². The van der Waals surface area contributed by atoms with E-state index in [0.29, 0.717) is 12.3 Å². The summed E-state index contributed by atoms with van der Waals surface area (Å²) in [5.41, 5.74) is 2.01. The van der Waals surface area contributed by atoms with Crippen LogP contribution >= 0.6 is 0 Å². The molecule has 0 aromatic heterocycles. The van der Waals surface area contributed by atoms with E-state index in [1.807, 2.05) is 42.5 Å². The number of amides is 1. The zero-order valence-corrected chi connectivity index (χ0v) is 13.2. The summed E-state index contributed by atoms with van der Waals surface area (Å²) in [5.74, 6) is -0.0103. The fourth-order valence-corrected chi connectivity index (χ4v) is 2.17. The fourth-order valence-electron chi connectivity index (χ4n) is 2.17. The van der Waals surface area contributed by atoms with Crippen molar-refractivity contribution in [2.45, 2.75) is 26.6 Å². The lowest BCUT2D eigenvalue weighted by Crippen LogP contribution is -2.36. The normalized spacial score (nSPS) is 11.6. The molecule has 0 aliphatic rings. The largest absolute Gasteiger partial charge is 0.427 e. The Balaban J connectivity index is 2.07. The van der Waals surface area contributed by atoms with Gasteiger partial charge in [-0.05, 0) is 23.3 Å². The van der Waals surface area contributed by atoms with E-state index in [4.69, 9.17) is 4.74 Å². The summed E-state index contributed by atoms with van der Waals surface area (Å²) < 4.78 is 5.01. The average molecular weight is 312 g/mol. The molecule has 0 heterocycles. The molecule has 5 heteroatoms. The minimum absolute atomic E-state index is 0.125. The van der Waals surface area contributed by atoms with E-state index in [1.54, 1.807) is 12.1 Å². The number of esters is 1. The van der Waals surface area contributed by atoms with Gasteiger partial charge in [0.15, 0.2) is 0 Å². The van der Waals surface area contributed by atoms with Gasteiger partial charge in [0.05, 0.1) is 0 Å². The number of carbonyl (C=O) groups is 2. The first-order chi connectivity index (χ1) is 11.0. The van der Waals surface area contributed by atoms with Gasteiger partial charge in [-0.15, -0.1) is 0 Å². The quantitative estimate of drug-likeness (QED) is 0.489. The molecule has 0 bridgehead atoms. The highest BCUT2D eigenvalue weighted by atomic mass is 16.5. The molecule has 2 aromatic carbocycles. The van der Waals surface area contributed by atoms with Crippen LogP contribution < -0.4 is 15.4 Å². The Bertz CT molecular complexity index is 654. The van der Waals surface area contributed by atoms with Crippen molar-refractivity contribution in [3.63, 3.8) is 0 Å². The van der Waals surface area contributed by atoms with E-state index in [-0.39, 0.29) is 18.0 Å². The van der Waals surface area contributed by atoms with Crippen LogP contribution in [0, 0.1) is 0 Å². The van der Waals surface area contributed by atoms with Crippen molar-refractivity contribution >= 4 is 11.9 Å². The third-order valence-corrected chi connectivity index (χ3v) is 3.18. The van der Waals surface area contributed by atoms with Gasteiger partial charge >= 0.3 is 5.97 Å². The molecule has 1 atom stereocenters. The molecular weight excluding hydrogens is 292 g/mol. The molecule has 120 valence electrons. The Morgan fingerprint density at radius 1 is 1.00 bits per heavy atom. The first-order valence-electron chi connectivity index (χ1n) is 7.37. The van der Waals surface area contributed by atoms with E-state index < -0.39 is 0 Å². The first-order valence-corrected chi connectivity index (χ1v) is 7.37. The van der Waals surface area contributed by atoms with Crippen molar-refractivity contribution in [1.82, 2.24) is 10.6 Å². The van der Waals surface area contributed by atoms with Gasteiger partial charge in [0.2, 0.25) is 5.91 Å². The van der Waals surface area contributed by atoms with Gasteiger partial charge in [0.25, 0.3) is 0 Å². The van der Waals surface area contributed by atoms with Gasteiger partial charge in [-0.2, -0.15) is 0 Å². The monoisotopic (exact) mass is 312 g/mol. The van der Waals surface area contributed by atoms with Crippen LogP contribution in [0.25, 0.3) is 0 Å². The second-order valence-corrected chi connectivity index (χ2v) is 5.16. The molecule has 1 unspecified atom stereocenters. The summed E-state index contributed by atoms with van der Waals surface area (Å²) in [6, 6.07) is 17.0. The molecule has 0 saturated carbocycles. The second-order valence-electron chi connectivity index (χ2n) is 5.16. The second kappa shape index (κ2) is 8.10. The van der Waals surface area contributed by atoms with E-state index in [9.17, 15) is 9.59 Å². The van der Waals surface area contributed by atoms with E-state index in [2.05, 4.69) is 10.6 Å². The SMILES string of the molecule is CC(=O)NC(NCc1ccccc1)c1ccc(OC(C)=O)cc1. The van der Waals surface area contributed by atoms with Crippen molar-refractivity contribution in [2.75, 3.05) is 0 Å². The molecule has 2 aromatic rings. The highest BCUT2D eigenvalue weighted by Gasteiger charge is 2.12. The molecule has 0 fully saturated rings. The van der Waals surface area contributed by atoms with Crippen molar-refractivity contribution < 1.29 is 14.3 Å². The molecule has 0 radical (unpaired) electrons. The lowest BCUT2D eigenvalue weighted by molar-refractivity contribution is -0.131. The molecule has 23 heavy (non-hydrogen) atoms. The summed E-state index contributed by atoms with van der Waals surface area (Å²) in [6.07, 6.45) is -0.320. The Hall–Kier alpha value is -2.66. The van der Waals surface area contributed by atoms with Crippen molar-refractivity contribution in [3.8, 4) is 5.75 Å². The fraction of sp³-hybridized carbons (Fsp3) is 0.222. The number of nitrogens with one attached hydrogen (secondary N) is 2. The molecule has 0 aliphatic heterocycles. The third-order valence-electron chi connectivity index (χ3n) is 3.18. The number of ether oxygens (including phenoxy) is 1. The lowest BCUT2D eigenvalue weighted by atomic mass is 10.1. The van der Waals surface area contributed by atoms with Crippen LogP contribution in [0.3, 0.4) is 0 Å². The summed E-state index contributed by atoms with van der Waals surface area (Å²) >= 11 is 0. The van der Waals surface area contributed by atoms with Crippen LogP contribution in [-0.2, 0) is 16.1 Å². The van der Waals surface area contributed by atoms with Crippen molar-refractivity contribution in [1.29, 1.82) is 0 Å². The molecule has 2 rings (SSSR count). The maximum Gasteiger partial charge on any atom is 0.308 e. The van der Waals surface area contributed by atoms with Crippen LogP contribution in [0.2, 0.25) is 0 Å². The standard InChI is InChI=1S/C18H20N2O3/c1-13(21)20-18(19-12-15-6-4-3-5-7-15)16-8-10-17(11-9-16)23-14(2)22/h3-11,18-19H,12H2,1-2H3,(H,20,21). The van der Waals surface area contributed by atoms with Gasteiger partial charge in [-0.3, -0.25) is 14.9 Å². The van der Waals surface area contributed by atoms with E-state index >= 15 is 0 Å². The number of carbonyl (C=O) groups excluding carboxylic acids is 2. The zero-order valence-electron chi connectivity index (χ0n) is 13.2. The minimum Gasteiger partial charge on any atom is -0.427 e. The Morgan fingerprint density at radius 3 is 2.22 bits per heavy atom. The Morgan fingerprint density at radius 2 is 1.65 bits per heavy atom. The smallest absolute Gasteiger partial charge is 0.308 e. The maximum atomic E-state index is 11.4. The van der Waals surface area contributed by atoms with Gasteiger partial charge in [0.1, 0.15) is 11.9 Å². The van der Waals surface area contributed by atoms with Gasteiger partial charge < -0.3 is 10.1 Å². The van der Waals surface area contributed by atoms with Crippen LogP contribution in [-0.4, -0.2) is 11.9 Å². The van der Waals surface area contributed by atoms with Crippen LogP contribution in [0.15, 0.2) is 54.6 Å². The lowest BCUT2D eigenvalue weighted by Gasteiger charge is -2.20. The number of rotatable bonds is 6. The predicted molar refractivity (Wildman–Crippen MR) is 87.6 cm³/mol. The molecule has 0 spiro atoms. The Labute approximate surface area is 135 Å². The summed E-state index contributed by atoms with van der Waals surface area (Å²) in [7, 11) is 0. The van der Waals surface area contributed by atoms with E-state index in [0.717, 1.165) is 11.1 Å². The van der Waals surface area contributed by atoms with Gasteiger partial charge in [-0.1, -0.05) is 42.5 Å². The first kappa shape index (κ1) is 16.7. The third kappa shape index (κ3) is 5.56. The highest BCUT2D eigenvalue weighted by molar-refractivity contribution is 5.73. The topological polar surface area (TPSA) is 67.4 Å². The average Bonchev–Trinajstić information content (AvgIpc) is 2.52. The molecule has 1 amide bonds. The summed E-state index contributed by atoms with van der Waals surface area (Å²) in [6.45, 7) is 3.46. The van der Waals surface area contributed by atoms with E-state index in [1.165, 1.54) is 13.8 Å². The van der Waals surface area contributed by atoms with Crippen LogP contribution in [0.4, 0.5) is 0 Å². The number of hydrogen-bond donors (Lipinski definition) is 2. The molecule has 0 aliphatic carbocycles. The van der Waals surface area contributed by atoms with Crippen molar-refractivity contribution in [3.05, 3.63) is 65.7 Å². The van der Waals surface area contributed by atoms with Crippen molar-refractivity contribution in [2.24, 2.45) is 0 Å². The summed E-state index contributed by atoms with van der Waals surface area (Å²) in [4.78, 5) is 22.4. The highest BCUT2D eigenvalue weighted by Crippen LogP contribution is 2.17. The molecule has 5 nitrogen and oxygen atoms in total. The number of hydrogen-bond acceptors (Lipinski definition) is 4. The molecule has 0 saturated heterocycles. The number of benzene rings is 2.